The Morgan fingerprint density at radius 2 is 1.13 bits per heavy atom. The van der Waals surface area contributed by atoms with Crippen LogP contribution in [0.3, 0.4) is 0 Å². The smallest absolute Gasteiger partial charge is 0.254 e. The average molecular weight is 712 g/mol. The summed E-state index contributed by atoms with van der Waals surface area (Å²) in [7, 11) is 6.42. The van der Waals surface area contributed by atoms with Crippen LogP contribution in [0.1, 0.15) is 20.7 Å². The highest BCUT2D eigenvalue weighted by Gasteiger charge is 2.25. The monoisotopic (exact) mass is 711 g/mol. The van der Waals surface area contributed by atoms with Crippen LogP contribution in [0.15, 0.2) is 97.1 Å². The van der Waals surface area contributed by atoms with Crippen molar-refractivity contribution in [2.45, 2.75) is 0 Å². The van der Waals surface area contributed by atoms with Crippen LogP contribution in [-0.4, -0.2) is 99.3 Å². The summed E-state index contributed by atoms with van der Waals surface area (Å²) in [6, 6.07) is 30.1. The van der Waals surface area contributed by atoms with Crippen LogP contribution in [-0.2, 0) is 0 Å². The van der Waals surface area contributed by atoms with E-state index in [-0.39, 0.29) is 11.8 Å². The number of benzene rings is 4. The Kier molecular flexibility index (Phi) is 10.4. The Morgan fingerprint density at radius 1 is 0.623 bits per heavy atom. The van der Waals surface area contributed by atoms with Crippen molar-refractivity contribution in [2.24, 2.45) is 0 Å². The molecule has 3 heterocycles. The Hall–Kier alpha value is -6.20. The number of pyridine rings is 2. The lowest BCUT2D eigenvalue weighted by atomic mass is 10.0. The zero-order chi connectivity index (χ0) is 36.9. The molecule has 2 aromatic heterocycles. The van der Waals surface area contributed by atoms with Gasteiger partial charge in [0.05, 0.1) is 62.0 Å². The topological polar surface area (TPSA) is 115 Å². The number of carbonyl (C=O) groups excluding carboxylic acids is 2. The minimum absolute atomic E-state index is 0.0425. The standard InChI is InChI=1S/C42H41N5O6/c1-50-27-13-15-31(39(23-27)52-3)37-25-33(29-9-5-7-11-35(29)44-37)41(48)43-17-18-46-19-21-47(22-20-46)42(49)34-26-38(45-36-12-8-6-10-30(34)36)32-16-14-28(51-2)24-40(32)53-4/h5-16,23-26H,17-22H2,1-4H3,(H,43,48). The molecule has 0 saturated carbocycles. The predicted molar refractivity (Wildman–Crippen MR) is 205 cm³/mol. The molecule has 1 N–H and O–H groups in total. The minimum Gasteiger partial charge on any atom is -0.497 e. The molecular formula is C42H41N5O6. The number of carbonyl (C=O) groups is 2. The van der Waals surface area contributed by atoms with Crippen molar-refractivity contribution in [2.75, 3.05) is 67.7 Å². The quantitative estimate of drug-likeness (QED) is 0.165. The van der Waals surface area contributed by atoms with Crippen molar-refractivity contribution < 1.29 is 28.5 Å². The Morgan fingerprint density at radius 3 is 1.66 bits per heavy atom. The number of piperazine rings is 1. The molecule has 1 saturated heterocycles. The van der Waals surface area contributed by atoms with Gasteiger partial charge >= 0.3 is 0 Å². The first kappa shape index (κ1) is 35.2. The van der Waals surface area contributed by atoms with Crippen molar-refractivity contribution in [3.8, 4) is 45.5 Å². The number of ether oxygens (including phenoxy) is 4. The van der Waals surface area contributed by atoms with Crippen LogP contribution in [0.25, 0.3) is 44.3 Å². The van der Waals surface area contributed by atoms with Crippen molar-refractivity contribution in [1.82, 2.24) is 25.1 Å². The van der Waals surface area contributed by atoms with Crippen molar-refractivity contribution >= 4 is 33.6 Å². The van der Waals surface area contributed by atoms with Gasteiger partial charge in [-0.3, -0.25) is 14.5 Å². The fourth-order valence-electron chi connectivity index (χ4n) is 6.78. The molecule has 11 heteroatoms. The molecule has 0 unspecified atom stereocenters. The van der Waals surface area contributed by atoms with Gasteiger partial charge in [-0.05, 0) is 48.5 Å². The van der Waals surface area contributed by atoms with Gasteiger partial charge in [0, 0.05) is 73.3 Å². The molecule has 0 radical (unpaired) electrons. The maximum absolute atomic E-state index is 14.1. The number of hydrogen-bond acceptors (Lipinski definition) is 9. The lowest BCUT2D eigenvalue weighted by molar-refractivity contribution is 0.0640. The summed E-state index contributed by atoms with van der Waals surface area (Å²) in [6.45, 7) is 3.59. The Bertz CT molecular complexity index is 2300. The summed E-state index contributed by atoms with van der Waals surface area (Å²) in [5, 5.41) is 4.69. The Balaban J connectivity index is 1.02. The lowest BCUT2D eigenvalue weighted by Crippen LogP contribution is -2.50. The zero-order valence-corrected chi connectivity index (χ0v) is 30.2. The van der Waals surface area contributed by atoms with Crippen LogP contribution in [0.2, 0.25) is 0 Å². The highest BCUT2D eigenvalue weighted by Crippen LogP contribution is 2.36. The molecule has 0 atom stereocenters. The van der Waals surface area contributed by atoms with E-state index in [1.54, 1.807) is 34.5 Å². The van der Waals surface area contributed by atoms with Gasteiger partial charge in [-0.1, -0.05) is 36.4 Å². The molecule has 0 bridgehead atoms. The number of nitrogens with one attached hydrogen (secondary N) is 1. The summed E-state index contributed by atoms with van der Waals surface area (Å²) in [6.07, 6.45) is 0. The number of nitrogens with zero attached hydrogens (tertiary/aromatic N) is 4. The molecule has 4 aromatic carbocycles. The fourth-order valence-corrected chi connectivity index (χ4v) is 6.78. The van der Waals surface area contributed by atoms with Crippen molar-refractivity contribution in [3.63, 3.8) is 0 Å². The van der Waals surface area contributed by atoms with Crippen LogP contribution >= 0.6 is 0 Å². The van der Waals surface area contributed by atoms with E-state index in [0.717, 1.165) is 27.4 Å². The van der Waals surface area contributed by atoms with E-state index in [4.69, 9.17) is 28.9 Å². The van der Waals surface area contributed by atoms with E-state index in [1.807, 2.05) is 95.9 Å². The van der Waals surface area contributed by atoms with E-state index in [0.29, 0.717) is 90.3 Å². The molecule has 1 fully saturated rings. The van der Waals surface area contributed by atoms with Gasteiger partial charge < -0.3 is 29.2 Å². The molecule has 53 heavy (non-hydrogen) atoms. The third-order valence-electron chi connectivity index (χ3n) is 9.65. The number of hydrogen-bond donors (Lipinski definition) is 1. The summed E-state index contributed by atoms with van der Waals surface area (Å²) >= 11 is 0. The fraction of sp³-hybridized carbons (Fsp3) is 0.238. The van der Waals surface area contributed by atoms with Gasteiger partial charge in [0.1, 0.15) is 23.0 Å². The molecule has 6 aromatic rings. The second-order valence-corrected chi connectivity index (χ2v) is 12.7. The number of rotatable bonds is 11. The number of fused-ring (bicyclic) bond motifs is 2. The maximum atomic E-state index is 14.1. The van der Waals surface area contributed by atoms with Crippen molar-refractivity contribution in [3.05, 3.63) is 108 Å². The zero-order valence-electron chi connectivity index (χ0n) is 30.2. The third-order valence-corrected chi connectivity index (χ3v) is 9.65. The maximum Gasteiger partial charge on any atom is 0.254 e. The number of aromatic nitrogens is 2. The largest absolute Gasteiger partial charge is 0.497 e. The number of methoxy groups -OCH3 is 4. The molecule has 1 aliphatic heterocycles. The lowest BCUT2D eigenvalue weighted by Gasteiger charge is -2.35. The van der Waals surface area contributed by atoms with E-state index < -0.39 is 0 Å². The second-order valence-electron chi connectivity index (χ2n) is 12.7. The van der Waals surface area contributed by atoms with E-state index in [9.17, 15) is 9.59 Å². The highest BCUT2D eigenvalue weighted by molar-refractivity contribution is 6.08. The molecule has 0 aliphatic carbocycles. The summed E-state index contributed by atoms with van der Waals surface area (Å²) in [5.74, 6) is 2.33. The molecule has 7 rings (SSSR count). The SMILES string of the molecule is COc1ccc(-c2cc(C(=O)NCCN3CCN(C(=O)c4cc(-c5ccc(OC)cc5OC)nc5ccccc45)CC3)c3ccccc3n2)c(OC)c1. The van der Waals surface area contributed by atoms with E-state index in [1.165, 1.54) is 0 Å². The van der Waals surface area contributed by atoms with Gasteiger partial charge in [0.2, 0.25) is 0 Å². The van der Waals surface area contributed by atoms with Crippen LogP contribution in [0.5, 0.6) is 23.0 Å². The summed E-state index contributed by atoms with van der Waals surface area (Å²) < 4.78 is 22.0. The van der Waals surface area contributed by atoms with E-state index in [2.05, 4.69) is 10.2 Å². The van der Waals surface area contributed by atoms with Gasteiger partial charge in [-0.25, -0.2) is 9.97 Å². The van der Waals surface area contributed by atoms with Gasteiger partial charge in [-0.15, -0.1) is 0 Å². The third kappa shape index (κ3) is 7.29. The summed E-state index contributed by atoms with van der Waals surface area (Å²) in [4.78, 5) is 41.6. The average Bonchev–Trinajstić information content (AvgIpc) is 3.22. The summed E-state index contributed by atoms with van der Waals surface area (Å²) in [5.41, 5.74) is 5.40. The second kappa shape index (κ2) is 15.6. The van der Waals surface area contributed by atoms with Crippen molar-refractivity contribution in [1.29, 1.82) is 0 Å². The van der Waals surface area contributed by atoms with Crippen LogP contribution < -0.4 is 24.3 Å². The van der Waals surface area contributed by atoms with Gasteiger partial charge in [-0.2, -0.15) is 0 Å². The highest BCUT2D eigenvalue weighted by atomic mass is 16.5. The van der Waals surface area contributed by atoms with Gasteiger partial charge in [0.15, 0.2) is 0 Å². The number of amides is 2. The number of para-hydroxylation sites is 2. The van der Waals surface area contributed by atoms with Crippen LogP contribution in [0.4, 0.5) is 0 Å². The first-order valence-electron chi connectivity index (χ1n) is 17.4. The molecule has 11 nitrogen and oxygen atoms in total. The molecule has 2 amide bonds. The molecule has 270 valence electrons. The van der Waals surface area contributed by atoms with E-state index >= 15 is 0 Å². The molecular weight excluding hydrogens is 670 g/mol. The van der Waals surface area contributed by atoms with Gasteiger partial charge in [0.25, 0.3) is 11.8 Å². The Labute approximate surface area is 308 Å². The molecule has 0 spiro atoms. The minimum atomic E-state index is -0.181. The predicted octanol–water partition coefficient (Wildman–Crippen LogP) is 6.34. The molecule has 1 aliphatic rings. The first-order valence-corrected chi connectivity index (χ1v) is 17.4. The first-order chi connectivity index (χ1) is 25.9. The van der Waals surface area contributed by atoms with Crippen LogP contribution in [0, 0.1) is 0 Å². The normalized spacial score (nSPS) is 13.2.